The first-order valence-corrected chi connectivity index (χ1v) is 9.67. The van der Waals surface area contributed by atoms with E-state index in [4.69, 9.17) is 16.3 Å². The molecule has 1 aliphatic heterocycles. The van der Waals surface area contributed by atoms with Crippen LogP contribution in [0, 0.1) is 10.1 Å². The molecule has 3 aromatic rings. The Morgan fingerprint density at radius 3 is 2.19 bits per heavy atom. The van der Waals surface area contributed by atoms with Gasteiger partial charge in [0.05, 0.1) is 32.4 Å². The van der Waals surface area contributed by atoms with Crippen molar-refractivity contribution in [2.75, 3.05) is 16.8 Å². The number of imide groups is 1. The first-order valence-electron chi connectivity index (χ1n) is 9.29. The van der Waals surface area contributed by atoms with Crippen LogP contribution < -0.4 is 15.0 Å². The molecule has 1 heterocycles. The van der Waals surface area contributed by atoms with E-state index < -0.39 is 22.6 Å². The molecule has 0 fully saturated rings. The molecule has 0 saturated carbocycles. The highest BCUT2D eigenvalue weighted by atomic mass is 35.5. The van der Waals surface area contributed by atoms with Crippen molar-refractivity contribution in [3.05, 3.63) is 93.0 Å². The summed E-state index contributed by atoms with van der Waals surface area (Å²) in [5.41, 5.74) is 1.08. The smallest absolute Gasteiger partial charge is 0.269 e. The van der Waals surface area contributed by atoms with Crippen molar-refractivity contribution >= 4 is 46.4 Å². The lowest BCUT2D eigenvalue weighted by Gasteiger charge is -2.16. The Bertz CT molecular complexity index is 1220. The Labute approximate surface area is 186 Å². The summed E-state index contributed by atoms with van der Waals surface area (Å²) in [5, 5.41) is 13.4. The number of nitrogens with one attached hydrogen (secondary N) is 1. The molecule has 0 aromatic heterocycles. The highest BCUT2D eigenvalue weighted by Gasteiger charge is 2.36. The number of nitro groups is 1. The maximum Gasteiger partial charge on any atom is 0.269 e. The molecule has 4 rings (SSSR count). The lowest BCUT2D eigenvalue weighted by Crippen LogP contribution is -2.29. The van der Waals surface area contributed by atoms with E-state index in [-0.39, 0.29) is 34.4 Å². The van der Waals surface area contributed by atoms with Gasteiger partial charge < -0.3 is 10.1 Å². The molecule has 160 valence electrons. The Morgan fingerprint density at radius 1 is 1.00 bits per heavy atom. The highest BCUT2D eigenvalue weighted by molar-refractivity contribution is 6.36. The minimum Gasteiger partial charge on any atom is -0.484 e. The molecule has 0 bridgehead atoms. The van der Waals surface area contributed by atoms with E-state index >= 15 is 0 Å². The summed E-state index contributed by atoms with van der Waals surface area (Å²) >= 11 is 6.25. The number of carbonyl (C=O) groups excluding carboxylic acids is 3. The fourth-order valence-corrected chi connectivity index (χ4v) is 3.39. The minimum atomic E-state index is -0.538. The van der Waals surface area contributed by atoms with Crippen molar-refractivity contribution in [1.29, 1.82) is 0 Å². The van der Waals surface area contributed by atoms with Crippen molar-refractivity contribution in [1.82, 2.24) is 0 Å². The monoisotopic (exact) mass is 451 g/mol. The van der Waals surface area contributed by atoms with Crippen molar-refractivity contribution in [3.8, 4) is 5.75 Å². The zero-order valence-corrected chi connectivity index (χ0v) is 17.0. The van der Waals surface area contributed by atoms with Gasteiger partial charge in [-0.1, -0.05) is 23.7 Å². The quantitative estimate of drug-likeness (QED) is 0.343. The summed E-state index contributed by atoms with van der Waals surface area (Å²) in [6.45, 7) is -0.353. The number of carbonyl (C=O) groups is 3. The average molecular weight is 452 g/mol. The van der Waals surface area contributed by atoms with Gasteiger partial charge in [-0.25, -0.2) is 4.90 Å². The number of amides is 3. The standard InChI is InChI=1S/C22H14ClN3O6/c23-18-11-14(25-21(28)16-3-1-2-4-17(16)22(25)29)7-10-19(18)24-20(27)12-32-15-8-5-13(6-9-15)26(30)31/h1-11H,12H2,(H,24,27). The average Bonchev–Trinajstić information content (AvgIpc) is 3.04. The van der Waals surface area contributed by atoms with E-state index in [0.717, 1.165) is 4.90 Å². The van der Waals surface area contributed by atoms with Gasteiger partial charge in [0.15, 0.2) is 6.61 Å². The molecule has 0 aliphatic carbocycles. The Balaban J connectivity index is 1.41. The maximum absolute atomic E-state index is 12.6. The van der Waals surface area contributed by atoms with Crippen LogP contribution in [0.15, 0.2) is 66.7 Å². The van der Waals surface area contributed by atoms with E-state index in [2.05, 4.69) is 5.32 Å². The number of halogens is 1. The summed E-state index contributed by atoms with van der Waals surface area (Å²) in [6.07, 6.45) is 0. The SMILES string of the molecule is O=C(COc1ccc([N+](=O)[O-])cc1)Nc1ccc(N2C(=O)c3ccccc3C2=O)cc1Cl. The molecule has 32 heavy (non-hydrogen) atoms. The first-order chi connectivity index (χ1) is 15.3. The van der Waals surface area contributed by atoms with Crippen LogP contribution in [0.2, 0.25) is 5.02 Å². The van der Waals surface area contributed by atoms with Crippen LogP contribution in [0.25, 0.3) is 0 Å². The van der Waals surface area contributed by atoms with Crippen LogP contribution in [0.5, 0.6) is 5.75 Å². The Hall–Kier alpha value is -4.24. The fourth-order valence-electron chi connectivity index (χ4n) is 3.17. The number of nitrogens with zero attached hydrogens (tertiary/aromatic N) is 2. The topological polar surface area (TPSA) is 119 Å². The second kappa shape index (κ2) is 8.48. The van der Waals surface area contributed by atoms with Crippen molar-refractivity contribution in [2.45, 2.75) is 0 Å². The highest BCUT2D eigenvalue weighted by Crippen LogP contribution is 2.32. The molecular formula is C22H14ClN3O6. The number of rotatable bonds is 6. The van der Waals surface area contributed by atoms with Gasteiger partial charge in [0.1, 0.15) is 5.75 Å². The molecule has 0 atom stereocenters. The van der Waals surface area contributed by atoms with Crippen molar-refractivity contribution in [3.63, 3.8) is 0 Å². The van der Waals surface area contributed by atoms with Gasteiger partial charge in [0, 0.05) is 12.1 Å². The van der Waals surface area contributed by atoms with E-state index in [0.29, 0.717) is 11.1 Å². The van der Waals surface area contributed by atoms with Gasteiger partial charge in [0.2, 0.25) is 0 Å². The zero-order chi connectivity index (χ0) is 22.8. The Kier molecular flexibility index (Phi) is 5.57. The molecule has 10 heteroatoms. The lowest BCUT2D eigenvalue weighted by molar-refractivity contribution is -0.384. The third-order valence-corrected chi connectivity index (χ3v) is 5.01. The molecule has 1 aliphatic rings. The molecule has 0 unspecified atom stereocenters. The predicted molar refractivity (Wildman–Crippen MR) is 116 cm³/mol. The van der Waals surface area contributed by atoms with Crippen molar-refractivity contribution < 1.29 is 24.0 Å². The van der Waals surface area contributed by atoms with Crippen LogP contribution in [0.1, 0.15) is 20.7 Å². The number of anilines is 2. The van der Waals surface area contributed by atoms with Gasteiger partial charge in [-0.15, -0.1) is 0 Å². The molecule has 9 nitrogen and oxygen atoms in total. The van der Waals surface area contributed by atoms with Crippen LogP contribution in [0.3, 0.4) is 0 Å². The maximum atomic E-state index is 12.6. The van der Waals surface area contributed by atoms with E-state index in [1.165, 1.54) is 42.5 Å². The summed E-state index contributed by atoms with van der Waals surface area (Å²) in [6, 6.07) is 16.2. The number of nitro benzene ring substituents is 1. The number of benzene rings is 3. The molecule has 3 amide bonds. The van der Waals surface area contributed by atoms with Gasteiger partial charge in [-0.2, -0.15) is 0 Å². The number of ether oxygens (including phenoxy) is 1. The lowest BCUT2D eigenvalue weighted by atomic mass is 10.1. The first kappa shape index (κ1) is 21.0. The minimum absolute atomic E-state index is 0.0910. The number of non-ortho nitro benzene ring substituents is 1. The normalized spacial score (nSPS) is 12.5. The predicted octanol–water partition coefficient (Wildman–Crippen LogP) is 4.07. The van der Waals surface area contributed by atoms with Gasteiger partial charge in [-0.05, 0) is 42.5 Å². The van der Waals surface area contributed by atoms with Crippen LogP contribution in [-0.2, 0) is 4.79 Å². The Morgan fingerprint density at radius 2 is 1.62 bits per heavy atom. The van der Waals surface area contributed by atoms with Gasteiger partial charge in [0.25, 0.3) is 23.4 Å². The summed E-state index contributed by atoms with van der Waals surface area (Å²) < 4.78 is 5.31. The number of hydrogen-bond acceptors (Lipinski definition) is 6. The van der Waals surface area contributed by atoms with E-state index in [1.807, 2.05) is 0 Å². The van der Waals surface area contributed by atoms with Crippen LogP contribution in [0.4, 0.5) is 17.1 Å². The van der Waals surface area contributed by atoms with Crippen molar-refractivity contribution in [2.24, 2.45) is 0 Å². The second-order valence-corrected chi connectivity index (χ2v) is 7.15. The molecule has 1 N–H and O–H groups in total. The third kappa shape index (κ3) is 4.01. The third-order valence-electron chi connectivity index (χ3n) is 4.70. The number of fused-ring (bicyclic) bond motifs is 1. The summed E-state index contributed by atoms with van der Waals surface area (Å²) in [4.78, 5) is 48.5. The van der Waals surface area contributed by atoms with Crippen LogP contribution >= 0.6 is 11.6 Å². The molecule has 0 spiro atoms. The summed E-state index contributed by atoms with van der Waals surface area (Å²) in [7, 11) is 0. The molecule has 3 aromatic carbocycles. The van der Waals surface area contributed by atoms with Gasteiger partial charge in [-0.3, -0.25) is 24.5 Å². The molecule has 0 radical (unpaired) electrons. The van der Waals surface area contributed by atoms with Crippen LogP contribution in [-0.4, -0.2) is 29.3 Å². The van der Waals surface area contributed by atoms with E-state index in [9.17, 15) is 24.5 Å². The van der Waals surface area contributed by atoms with Gasteiger partial charge >= 0.3 is 0 Å². The largest absolute Gasteiger partial charge is 0.484 e. The van der Waals surface area contributed by atoms with E-state index in [1.54, 1.807) is 24.3 Å². The summed E-state index contributed by atoms with van der Waals surface area (Å²) in [5.74, 6) is -1.12. The fraction of sp³-hybridized carbons (Fsp3) is 0.0455. The zero-order valence-electron chi connectivity index (χ0n) is 16.3. The second-order valence-electron chi connectivity index (χ2n) is 6.74. The number of hydrogen-bond donors (Lipinski definition) is 1. The molecular weight excluding hydrogens is 438 g/mol. The molecule has 0 saturated heterocycles.